The van der Waals surface area contributed by atoms with Crippen LogP contribution in [0.3, 0.4) is 0 Å². The normalized spacial score (nSPS) is 10.1. The molecule has 0 aliphatic heterocycles. The van der Waals surface area contributed by atoms with Gasteiger partial charge in [-0.1, -0.05) is 0 Å². The fourth-order valence-corrected chi connectivity index (χ4v) is 1.56. The summed E-state index contributed by atoms with van der Waals surface area (Å²) in [5.41, 5.74) is 0.0652. The van der Waals surface area contributed by atoms with E-state index in [1.165, 1.54) is 29.8 Å². The highest BCUT2D eigenvalue weighted by Crippen LogP contribution is 2.14. The molecule has 1 heterocycles. The van der Waals surface area contributed by atoms with E-state index in [0.29, 0.717) is 5.76 Å². The number of urea groups is 1. The topological polar surface area (TPSA) is 103 Å². The molecule has 8 heteroatoms. The molecule has 2 N–H and O–H groups in total. The third kappa shape index (κ3) is 4.51. The van der Waals surface area contributed by atoms with Gasteiger partial charge in [-0.25, -0.2) is 9.59 Å². The Labute approximate surface area is 122 Å². The number of rotatable bonds is 5. The van der Waals surface area contributed by atoms with Crippen LogP contribution >= 0.6 is 0 Å². The van der Waals surface area contributed by atoms with Gasteiger partial charge in [0.2, 0.25) is 5.91 Å². The molecule has 0 aliphatic rings. The summed E-state index contributed by atoms with van der Waals surface area (Å²) in [6.07, 6.45) is 0. The summed E-state index contributed by atoms with van der Waals surface area (Å²) in [6.45, 7) is 1.54. The van der Waals surface area contributed by atoms with Gasteiger partial charge in [-0.15, -0.1) is 0 Å². The third-order valence-electron chi connectivity index (χ3n) is 2.83. The van der Waals surface area contributed by atoms with Gasteiger partial charge in [0.25, 0.3) is 0 Å². The first-order valence-corrected chi connectivity index (χ1v) is 6.24. The van der Waals surface area contributed by atoms with Crippen LogP contribution in [0.15, 0.2) is 10.5 Å². The standard InChI is InChI=1S/C13H19N3O5/c1-8-10(12(18)19)5-9(21-8)6-14-13(20)16(4)7-11(17)15(2)3/h5H,6-7H2,1-4H3,(H,14,20)(H,18,19). The number of carbonyl (C=O) groups is 3. The van der Waals surface area contributed by atoms with Gasteiger partial charge in [-0.05, 0) is 13.0 Å². The second-order valence-corrected chi connectivity index (χ2v) is 4.79. The first-order chi connectivity index (χ1) is 9.72. The maximum absolute atomic E-state index is 11.8. The van der Waals surface area contributed by atoms with Crippen molar-refractivity contribution in [2.75, 3.05) is 27.7 Å². The molecule has 116 valence electrons. The Morgan fingerprint density at radius 3 is 2.38 bits per heavy atom. The number of hydrogen-bond acceptors (Lipinski definition) is 4. The van der Waals surface area contributed by atoms with E-state index < -0.39 is 12.0 Å². The number of aromatic carboxylic acids is 1. The molecule has 0 saturated carbocycles. The van der Waals surface area contributed by atoms with Gasteiger partial charge in [-0.3, -0.25) is 4.79 Å². The molecular weight excluding hydrogens is 278 g/mol. The van der Waals surface area contributed by atoms with Crippen molar-refractivity contribution in [2.45, 2.75) is 13.5 Å². The van der Waals surface area contributed by atoms with Gasteiger partial charge < -0.3 is 24.6 Å². The Morgan fingerprint density at radius 2 is 1.90 bits per heavy atom. The number of furan rings is 1. The molecule has 0 spiro atoms. The van der Waals surface area contributed by atoms with Gasteiger partial charge in [0, 0.05) is 21.1 Å². The highest BCUT2D eigenvalue weighted by molar-refractivity contribution is 5.88. The number of carbonyl (C=O) groups excluding carboxylic acids is 2. The molecule has 1 rings (SSSR count). The zero-order valence-electron chi connectivity index (χ0n) is 12.5. The van der Waals surface area contributed by atoms with Crippen molar-refractivity contribution in [1.29, 1.82) is 0 Å². The van der Waals surface area contributed by atoms with Crippen molar-refractivity contribution in [1.82, 2.24) is 15.1 Å². The van der Waals surface area contributed by atoms with Crippen molar-refractivity contribution in [3.05, 3.63) is 23.2 Å². The highest BCUT2D eigenvalue weighted by Gasteiger charge is 2.16. The second kappa shape index (κ2) is 6.78. The maximum atomic E-state index is 11.8. The molecule has 0 radical (unpaired) electrons. The first-order valence-electron chi connectivity index (χ1n) is 6.24. The summed E-state index contributed by atoms with van der Waals surface area (Å²) >= 11 is 0. The quantitative estimate of drug-likeness (QED) is 0.824. The van der Waals surface area contributed by atoms with Crippen LogP contribution in [-0.2, 0) is 11.3 Å². The number of nitrogens with one attached hydrogen (secondary N) is 1. The van der Waals surface area contributed by atoms with E-state index in [2.05, 4.69) is 5.32 Å². The Morgan fingerprint density at radius 1 is 1.29 bits per heavy atom. The molecule has 0 aliphatic carbocycles. The van der Waals surface area contributed by atoms with E-state index in [1.54, 1.807) is 14.1 Å². The summed E-state index contributed by atoms with van der Waals surface area (Å²) in [5, 5.41) is 11.5. The van der Waals surface area contributed by atoms with Crippen LogP contribution in [0, 0.1) is 6.92 Å². The number of carboxylic acids is 1. The number of nitrogens with zero attached hydrogens (tertiary/aromatic N) is 2. The van der Waals surface area contributed by atoms with Crippen molar-refractivity contribution >= 4 is 17.9 Å². The molecule has 1 aromatic rings. The van der Waals surface area contributed by atoms with Gasteiger partial charge in [0.1, 0.15) is 23.6 Å². The molecule has 0 atom stereocenters. The van der Waals surface area contributed by atoms with E-state index in [-0.39, 0.29) is 30.3 Å². The fourth-order valence-electron chi connectivity index (χ4n) is 1.56. The highest BCUT2D eigenvalue weighted by atomic mass is 16.4. The van der Waals surface area contributed by atoms with E-state index >= 15 is 0 Å². The van der Waals surface area contributed by atoms with Gasteiger partial charge >= 0.3 is 12.0 Å². The van der Waals surface area contributed by atoms with Crippen LogP contribution < -0.4 is 5.32 Å². The minimum Gasteiger partial charge on any atom is -0.478 e. The molecule has 3 amide bonds. The average molecular weight is 297 g/mol. The van der Waals surface area contributed by atoms with E-state index in [4.69, 9.17) is 9.52 Å². The smallest absolute Gasteiger partial charge is 0.339 e. The first kappa shape index (κ1) is 16.5. The van der Waals surface area contributed by atoms with Gasteiger partial charge in [0.15, 0.2) is 0 Å². The van der Waals surface area contributed by atoms with Gasteiger partial charge in [0.05, 0.1) is 6.54 Å². The van der Waals surface area contributed by atoms with Crippen LogP contribution in [0.2, 0.25) is 0 Å². The number of hydrogen-bond donors (Lipinski definition) is 2. The van der Waals surface area contributed by atoms with Crippen LogP contribution in [0.4, 0.5) is 4.79 Å². The van der Waals surface area contributed by atoms with E-state index in [1.807, 2.05) is 0 Å². The lowest BCUT2D eigenvalue weighted by molar-refractivity contribution is -0.129. The van der Waals surface area contributed by atoms with Gasteiger partial charge in [-0.2, -0.15) is 0 Å². The maximum Gasteiger partial charge on any atom is 0.339 e. The lowest BCUT2D eigenvalue weighted by Crippen LogP contribution is -2.42. The predicted octanol–water partition coefficient (Wildman–Crippen LogP) is 0.516. The summed E-state index contributed by atoms with van der Waals surface area (Å²) in [7, 11) is 4.70. The SMILES string of the molecule is Cc1oc(CNC(=O)N(C)CC(=O)N(C)C)cc1C(=O)O. The number of carboxylic acid groups (broad SMARTS) is 1. The van der Waals surface area contributed by atoms with Crippen LogP contribution in [-0.4, -0.2) is 60.5 Å². The lowest BCUT2D eigenvalue weighted by atomic mass is 10.2. The average Bonchev–Trinajstić information content (AvgIpc) is 2.77. The molecule has 8 nitrogen and oxygen atoms in total. The monoisotopic (exact) mass is 297 g/mol. The number of amides is 3. The molecule has 21 heavy (non-hydrogen) atoms. The summed E-state index contributed by atoms with van der Waals surface area (Å²) in [5.74, 6) is -0.661. The predicted molar refractivity (Wildman–Crippen MR) is 74.0 cm³/mol. The van der Waals surface area contributed by atoms with Crippen LogP contribution in [0.1, 0.15) is 21.9 Å². The van der Waals surface area contributed by atoms with Crippen LogP contribution in [0.25, 0.3) is 0 Å². The lowest BCUT2D eigenvalue weighted by Gasteiger charge is -2.19. The summed E-state index contributed by atoms with van der Waals surface area (Å²) in [4.78, 5) is 36.8. The van der Waals surface area contributed by atoms with Crippen molar-refractivity contribution in [3.8, 4) is 0 Å². The van der Waals surface area contributed by atoms with E-state index in [9.17, 15) is 14.4 Å². The van der Waals surface area contributed by atoms with E-state index in [0.717, 1.165) is 0 Å². The molecule has 0 saturated heterocycles. The largest absolute Gasteiger partial charge is 0.478 e. The van der Waals surface area contributed by atoms with Crippen LogP contribution in [0.5, 0.6) is 0 Å². The Balaban J connectivity index is 2.55. The molecule has 0 bridgehead atoms. The second-order valence-electron chi connectivity index (χ2n) is 4.79. The number of aryl methyl sites for hydroxylation is 1. The Hall–Kier alpha value is -2.51. The molecular formula is C13H19N3O5. The summed E-state index contributed by atoms with van der Waals surface area (Å²) in [6, 6.07) is 0.916. The third-order valence-corrected chi connectivity index (χ3v) is 2.83. The fraction of sp³-hybridized carbons (Fsp3) is 0.462. The molecule has 0 aromatic carbocycles. The Kier molecular flexibility index (Phi) is 5.34. The van der Waals surface area contributed by atoms with Crippen molar-refractivity contribution in [3.63, 3.8) is 0 Å². The molecule has 0 fully saturated rings. The zero-order chi connectivity index (χ0) is 16.2. The minimum atomic E-state index is -1.08. The molecule has 1 aromatic heterocycles. The zero-order valence-corrected chi connectivity index (χ0v) is 12.5. The summed E-state index contributed by atoms with van der Waals surface area (Å²) < 4.78 is 5.24. The molecule has 0 unspecified atom stereocenters. The Bertz CT molecular complexity index is 550. The number of likely N-dealkylation sites (N-methyl/N-ethyl adjacent to an activating group) is 2. The van der Waals surface area contributed by atoms with Crippen molar-refractivity contribution in [2.24, 2.45) is 0 Å². The van der Waals surface area contributed by atoms with Crippen molar-refractivity contribution < 1.29 is 23.9 Å². The minimum absolute atomic E-state index is 0.0452.